The highest BCUT2D eigenvalue weighted by molar-refractivity contribution is 5.76. The molecule has 192 valence electrons. The first-order chi connectivity index (χ1) is 19.2. The molecule has 0 N–H and O–H groups in total. The van der Waals surface area contributed by atoms with E-state index in [1.165, 1.54) is 33.4 Å². The molecule has 0 aliphatic heterocycles. The minimum absolute atomic E-state index is 0.448. The lowest BCUT2D eigenvalue weighted by molar-refractivity contribution is -0.105. The molecule has 1 nitrogen and oxygen atoms in total. The SMILES string of the molecule is C1=CC(Cc2ccccc2)(OC2(Cc3ccccc3)C=CC(c3ccccc3)=CC2)CC=C1c1ccccc1. The quantitative estimate of drug-likeness (QED) is 0.232. The third kappa shape index (κ3) is 5.95. The van der Waals surface area contributed by atoms with Gasteiger partial charge in [0.1, 0.15) is 0 Å². The Bertz CT molecular complexity index is 1380. The molecule has 2 aliphatic rings. The summed E-state index contributed by atoms with van der Waals surface area (Å²) in [6.45, 7) is 0. The molecule has 2 aliphatic carbocycles. The number of rotatable bonds is 8. The summed E-state index contributed by atoms with van der Waals surface area (Å²) < 4.78 is 7.42. The summed E-state index contributed by atoms with van der Waals surface area (Å²) in [6, 6.07) is 42.8. The molecule has 4 aromatic carbocycles. The molecular weight excluding hydrogens is 472 g/mol. The van der Waals surface area contributed by atoms with Gasteiger partial charge in [0, 0.05) is 12.8 Å². The van der Waals surface area contributed by atoms with E-state index in [0.717, 1.165) is 25.7 Å². The van der Waals surface area contributed by atoms with Crippen molar-refractivity contribution in [2.24, 2.45) is 0 Å². The van der Waals surface area contributed by atoms with Crippen LogP contribution in [0.5, 0.6) is 0 Å². The van der Waals surface area contributed by atoms with Crippen molar-refractivity contribution in [3.63, 3.8) is 0 Å². The first kappa shape index (κ1) is 25.1. The molecular formula is C38H34O. The minimum atomic E-state index is -0.448. The van der Waals surface area contributed by atoms with Gasteiger partial charge in [0.2, 0.25) is 0 Å². The third-order valence-corrected chi connectivity index (χ3v) is 7.78. The highest BCUT2D eigenvalue weighted by Crippen LogP contribution is 2.41. The van der Waals surface area contributed by atoms with Crippen LogP contribution in [0.3, 0.4) is 0 Å². The van der Waals surface area contributed by atoms with Gasteiger partial charge >= 0.3 is 0 Å². The molecule has 0 radical (unpaired) electrons. The molecule has 4 aromatic rings. The highest BCUT2D eigenvalue weighted by Gasteiger charge is 2.40. The lowest BCUT2D eigenvalue weighted by Gasteiger charge is -2.43. The fraction of sp³-hybridized carbons (Fsp3) is 0.158. The molecule has 0 saturated carbocycles. The lowest BCUT2D eigenvalue weighted by Crippen LogP contribution is -2.46. The largest absolute Gasteiger partial charge is 0.359 e. The number of hydrogen-bond donors (Lipinski definition) is 0. The summed E-state index contributed by atoms with van der Waals surface area (Å²) in [7, 11) is 0. The third-order valence-electron chi connectivity index (χ3n) is 7.78. The van der Waals surface area contributed by atoms with Crippen molar-refractivity contribution in [3.05, 3.63) is 180 Å². The summed E-state index contributed by atoms with van der Waals surface area (Å²) in [5.74, 6) is 0. The summed E-state index contributed by atoms with van der Waals surface area (Å²) >= 11 is 0. The molecule has 0 heterocycles. The van der Waals surface area contributed by atoms with Crippen molar-refractivity contribution in [2.75, 3.05) is 0 Å². The molecule has 1 heteroatoms. The van der Waals surface area contributed by atoms with Crippen LogP contribution in [0.25, 0.3) is 11.1 Å². The van der Waals surface area contributed by atoms with E-state index in [9.17, 15) is 0 Å². The van der Waals surface area contributed by atoms with Crippen LogP contribution in [0.15, 0.2) is 158 Å². The summed E-state index contributed by atoms with van der Waals surface area (Å²) in [5.41, 5.74) is 6.68. The molecule has 0 bridgehead atoms. The van der Waals surface area contributed by atoms with Gasteiger partial charge in [-0.1, -0.05) is 158 Å². The minimum Gasteiger partial charge on any atom is -0.359 e. The fourth-order valence-corrected chi connectivity index (χ4v) is 5.78. The monoisotopic (exact) mass is 506 g/mol. The van der Waals surface area contributed by atoms with Crippen molar-refractivity contribution in [3.8, 4) is 0 Å². The average Bonchev–Trinajstić information content (AvgIpc) is 3.00. The van der Waals surface area contributed by atoms with E-state index in [-0.39, 0.29) is 0 Å². The molecule has 2 atom stereocenters. The maximum Gasteiger partial charge on any atom is 0.0952 e. The van der Waals surface area contributed by atoms with Gasteiger partial charge in [0.15, 0.2) is 0 Å². The van der Waals surface area contributed by atoms with E-state index in [4.69, 9.17) is 4.74 Å². The fourth-order valence-electron chi connectivity index (χ4n) is 5.78. The Morgan fingerprint density at radius 3 is 1.15 bits per heavy atom. The van der Waals surface area contributed by atoms with Crippen molar-refractivity contribution in [2.45, 2.75) is 36.9 Å². The van der Waals surface area contributed by atoms with E-state index in [1.807, 2.05) is 0 Å². The van der Waals surface area contributed by atoms with Gasteiger partial charge in [-0.15, -0.1) is 0 Å². The summed E-state index contributed by atoms with van der Waals surface area (Å²) in [4.78, 5) is 0. The van der Waals surface area contributed by atoms with Gasteiger partial charge in [-0.25, -0.2) is 0 Å². The predicted molar refractivity (Wildman–Crippen MR) is 163 cm³/mol. The van der Waals surface area contributed by atoms with E-state index < -0.39 is 11.2 Å². The maximum atomic E-state index is 7.42. The second kappa shape index (κ2) is 11.3. The predicted octanol–water partition coefficient (Wildman–Crippen LogP) is 9.05. The van der Waals surface area contributed by atoms with Crippen LogP contribution < -0.4 is 0 Å². The lowest BCUT2D eigenvalue weighted by atomic mass is 9.80. The molecule has 0 amide bonds. The van der Waals surface area contributed by atoms with Crippen LogP contribution in [-0.2, 0) is 17.6 Å². The first-order valence-corrected chi connectivity index (χ1v) is 13.9. The Hall–Kier alpha value is -4.20. The van der Waals surface area contributed by atoms with Crippen LogP contribution in [0, 0.1) is 0 Å². The Morgan fingerprint density at radius 1 is 0.462 bits per heavy atom. The van der Waals surface area contributed by atoms with E-state index in [2.05, 4.69) is 158 Å². The van der Waals surface area contributed by atoms with Gasteiger partial charge < -0.3 is 4.74 Å². The Morgan fingerprint density at radius 2 is 0.821 bits per heavy atom. The molecule has 0 spiro atoms. The normalized spacial score (nSPS) is 22.3. The Labute approximate surface area is 232 Å². The molecule has 0 saturated heterocycles. The summed E-state index contributed by atoms with van der Waals surface area (Å²) in [6.07, 6.45) is 17.2. The standard InChI is InChI=1S/C38H34O/c1-5-13-31(14-6-1)29-37(25-21-35(22-26-37)33-17-9-3-10-18-33)39-38(30-32-15-7-2-8-16-32)27-23-36(24-28-38)34-19-11-4-12-20-34/h1-25,27H,26,28-30H2. The van der Waals surface area contributed by atoms with E-state index in [0.29, 0.717) is 0 Å². The van der Waals surface area contributed by atoms with Crippen molar-refractivity contribution in [1.29, 1.82) is 0 Å². The highest BCUT2D eigenvalue weighted by atomic mass is 16.5. The van der Waals surface area contributed by atoms with Crippen LogP contribution in [-0.4, -0.2) is 11.2 Å². The Balaban J connectivity index is 1.35. The van der Waals surface area contributed by atoms with Crippen molar-refractivity contribution >= 4 is 11.1 Å². The van der Waals surface area contributed by atoms with Crippen molar-refractivity contribution in [1.82, 2.24) is 0 Å². The van der Waals surface area contributed by atoms with Crippen LogP contribution in [0.2, 0.25) is 0 Å². The molecule has 0 fully saturated rings. The maximum absolute atomic E-state index is 7.42. The number of allylic oxidation sites excluding steroid dienone is 4. The van der Waals surface area contributed by atoms with Gasteiger partial charge in [0.25, 0.3) is 0 Å². The van der Waals surface area contributed by atoms with Gasteiger partial charge in [-0.3, -0.25) is 0 Å². The number of hydrogen-bond acceptors (Lipinski definition) is 1. The van der Waals surface area contributed by atoms with Crippen LogP contribution in [0.1, 0.15) is 35.1 Å². The Kier molecular flexibility index (Phi) is 7.25. The zero-order valence-corrected chi connectivity index (χ0v) is 22.2. The smallest absolute Gasteiger partial charge is 0.0952 e. The zero-order chi connectivity index (χ0) is 26.4. The molecule has 6 rings (SSSR count). The van der Waals surface area contributed by atoms with E-state index in [1.54, 1.807) is 0 Å². The second-order valence-electron chi connectivity index (χ2n) is 10.7. The molecule has 2 unspecified atom stereocenters. The number of ether oxygens (including phenoxy) is 1. The van der Waals surface area contributed by atoms with Crippen LogP contribution in [0.4, 0.5) is 0 Å². The first-order valence-electron chi connectivity index (χ1n) is 13.9. The van der Waals surface area contributed by atoms with E-state index >= 15 is 0 Å². The molecule has 0 aromatic heterocycles. The van der Waals surface area contributed by atoms with Gasteiger partial charge in [-0.05, 0) is 46.2 Å². The second-order valence-corrected chi connectivity index (χ2v) is 10.7. The van der Waals surface area contributed by atoms with Crippen LogP contribution >= 0.6 is 0 Å². The summed E-state index contributed by atoms with van der Waals surface area (Å²) in [5, 5.41) is 0. The molecule has 39 heavy (non-hydrogen) atoms. The van der Waals surface area contributed by atoms with Gasteiger partial charge in [-0.2, -0.15) is 0 Å². The van der Waals surface area contributed by atoms with Crippen molar-refractivity contribution < 1.29 is 4.74 Å². The average molecular weight is 507 g/mol. The van der Waals surface area contributed by atoms with Gasteiger partial charge in [0.05, 0.1) is 11.2 Å². The number of benzene rings is 4. The topological polar surface area (TPSA) is 9.23 Å². The zero-order valence-electron chi connectivity index (χ0n) is 22.2.